The van der Waals surface area contributed by atoms with Gasteiger partial charge in [0.05, 0.1) is 12.2 Å². The number of fused-ring (bicyclic) bond motifs is 5. The Hall–Kier alpha value is -0.610. The van der Waals surface area contributed by atoms with E-state index in [1.54, 1.807) is 0 Å². The number of rotatable bonds is 7. The van der Waals surface area contributed by atoms with Crippen LogP contribution in [0.25, 0.3) is 0 Å². The summed E-state index contributed by atoms with van der Waals surface area (Å²) in [4.78, 5) is 12.3. The second-order valence-corrected chi connectivity index (χ2v) is 12.7. The molecule has 4 rings (SSSR count). The Morgan fingerprint density at radius 1 is 1.03 bits per heavy atom. The summed E-state index contributed by atoms with van der Waals surface area (Å²) in [5.74, 6) is 3.59. The lowest BCUT2D eigenvalue weighted by Crippen LogP contribution is -2.58. The van der Waals surface area contributed by atoms with Gasteiger partial charge in [-0.1, -0.05) is 34.1 Å². The number of carbonyl (C=O) groups is 1. The molecular weight excluding hydrogens is 398 g/mol. The molecule has 0 saturated heterocycles. The molecule has 4 fully saturated rings. The Morgan fingerprint density at radius 2 is 1.75 bits per heavy atom. The lowest BCUT2D eigenvalue weighted by Gasteiger charge is -2.62. The smallest absolute Gasteiger partial charge is 0.220 e. The van der Waals surface area contributed by atoms with Crippen LogP contribution in [0.3, 0.4) is 0 Å². The van der Waals surface area contributed by atoms with Crippen molar-refractivity contribution >= 4 is 5.91 Å². The Bertz CT molecular complexity index is 667. The van der Waals surface area contributed by atoms with E-state index in [1.165, 1.54) is 25.7 Å². The summed E-state index contributed by atoms with van der Waals surface area (Å²) in [5, 5.41) is 24.7. The van der Waals surface area contributed by atoms with Crippen molar-refractivity contribution in [1.29, 1.82) is 0 Å². The van der Waals surface area contributed by atoms with Crippen molar-refractivity contribution in [3.63, 3.8) is 0 Å². The van der Waals surface area contributed by atoms with Crippen LogP contribution in [0, 0.1) is 46.3 Å². The van der Waals surface area contributed by atoms with Crippen LogP contribution in [0.5, 0.6) is 0 Å². The summed E-state index contributed by atoms with van der Waals surface area (Å²) < 4.78 is 0. The highest BCUT2D eigenvalue weighted by Crippen LogP contribution is 2.68. The van der Waals surface area contributed by atoms with Crippen molar-refractivity contribution in [2.45, 2.75) is 117 Å². The molecule has 4 nitrogen and oxygen atoms in total. The zero-order valence-electron chi connectivity index (χ0n) is 21.1. The van der Waals surface area contributed by atoms with E-state index in [0.717, 1.165) is 51.5 Å². The molecule has 0 aromatic carbocycles. The predicted molar refractivity (Wildman–Crippen MR) is 129 cm³/mol. The minimum absolute atomic E-state index is 0.165. The standard InChI is InChI=1S/C28H49NO3/c1-5-6-15-29-25(32)10-7-18(2)21-8-9-22-26-23(12-14-28(21,22)4)27(3)13-11-20(30)16-19(27)17-24(26)31/h18-24,26,30-31H,5-17H2,1-4H3,(H,29,32)/t18-,19+,20-,21-,22+,23+,24-,26+,27+,28-/m1/s1. The number of nitrogens with one attached hydrogen (secondary N) is 1. The van der Waals surface area contributed by atoms with Crippen LogP contribution in [0.15, 0.2) is 0 Å². The maximum Gasteiger partial charge on any atom is 0.220 e. The quantitative estimate of drug-likeness (QED) is 0.463. The van der Waals surface area contributed by atoms with Crippen LogP contribution in [-0.4, -0.2) is 34.9 Å². The molecular formula is C28H49NO3. The average Bonchev–Trinajstić information content (AvgIpc) is 3.11. The predicted octanol–water partition coefficient (Wildman–Crippen LogP) is 5.31. The molecule has 4 saturated carbocycles. The van der Waals surface area contributed by atoms with Gasteiger partial charge >= 0.3 is 0 Å². The van der Waals surface area contributed by atoms with Gasteiger partial charge in [0.1, 0.15) is 0 Å². The number of hydrogen-bond donors (Lipinski definition) is 3. The third kappa shape index (κ3) is 4.28. The van der Waals surface area contributed by atoms with Crippen molar-refractivity contribution in [2.75, 3.05) is 6.54 Å². The minimum Gasteiger partial charge on any atom is -0.393 e. The van der Waals surface area contributed by atoms with Crippen molar-refractivity contribution in [2.24, 2.45) is 46.3 Å². The lowest BCUT2D eigenvalue weighted by atomic mass is 9.43. The average molecular weight is 448 g/mol. The van der Waals surface area contributed by atoms with Gasteiger partial charge < -0.3 is 15.5 Å². The highest BCUT2D eigenvalue weighted by Gasteiger charge is 2.62. The summed E-state index contributed by atoms with van der Waals surface area (Å²) >= 11 is 0. The number of carbonyl (C=O) groups excluding carboxylic acids is 1. The van der Waals surface area contributed by atoms with Gasteiger partial charge in [0.15, 0.2) is 0 Å². The molecule has 0 spiro atoms. The molecule has 184 valence electrons. The number of aliphatic hydroxyl groups excluding tert-OH is 2. The third-order valence-corrected chi connectivity index (χ3v) is 11.1. The van der Waals surface area contributed by atoms with E-state index in [-0.39, 0.29) is 18.1 Å². The van der Waals surface area contributed by atoms with Crippen LogP contribution in [-0.2, 0) is 4.79 Å². The van der Waals surface area contributed by atoms with E-state index >= 15 is 0 Å². The molecule has 0 aliphatic heterocycles. The molecule has 0 radical (unpaired) electrons. The van der Waals surface area contributed by atoms with E-state index in [0.29, 0.717) is 52.8 Å². The molecule has 3 N–H and O–H groups in total. The Morgan fingerprint density at radius 3 is 2.50 bits per heavy atom. The zero-order valence-corrected chi connectivity index (χ0v) is 21.1. The Kier molecular flexibility index (Phi) is 7.33. The molecule has 0 aromatic rings. The van der Waals surface area contributed by atoms with Crippen molar-refractivity contribution < 1.29 is 15.0 Å². The van der Waals surface area contributed by atoms with Crippen LogP contribution in [0.4, 0.5) is 0 Å². The molecule has 32 heavy (non-hydrogen) atoms. The van der Waals surface area contributed by atoms with Gasteiger partial charge in [-0.3, -0.25) is 4.79 Å². The van der Waals surface area contributed by atoms with Crippen LogP contribution < -0.4 is 5.32 Å². The van der Waals surface area contributed by atoms with Crippen LogP contribution in [0.2, 0.25) is 0 Å². The van der Waals surface area contributed by atoms with E-state index in [4.69, 9.17) is 0 Å². The second kappa shape index (κ2) is 9.56. The van der Waals surface area contributed by atoms with Crippen molar-refractivity contribution in [1.82, 2.24) is 5.32 Å². The van der Waals surface area contributed by atoms with Gasteiger partial charge in [0.25, 0.3) is 0 Å². The third-order valence-electron chi connectivity index (χ3n) is 11.1. The summed E-state index contributed by atoms with van der Waals surface area (Å²) in [5.41, 5.74) is 0.600. The van der Waals surface area contributed by atoms with Gasteiger partial charge in [0.2, 0.25) is 5.91 Å². The Balaban J connectivity index is 1.42. The van der Waals surface area contributed by atoms with E-state index < -0.39 is 0 Å². The molecule has 0 heterocycles. The second-order valence-electron chi connectivity index (χ2n) is 12.7. The molecule has 4 aliphatic rings. The summed E-state index contributed by atoms with van der Waals surface area (Å²) in [7, 11) is 0. The highest BCUT2D eigenvalue weighted by atomic mass is 16.3. The Labute approximate surface area is 196 Å². The molecule has 1 amide bonds. The molecule has 4 aliphatic carbocycles. The van der Waals surface area contributed by atoms with Gasteiger partial charge in [0, 0.05) is 13.0 Å². The van der Waals surface area contributed by atoms with E-state index in [9.17, 15) is 15.0 Å². The fraction of sp³-hybridized carbons (Fsp3) is 0.964. The summed E-state index contributed by atoms with van der Waals surface area (Å²) in [6.45, 7) is 10.4. The molecule has 0 aromatic heterocycles. The first-order valence-electron chi connectivity index (χ1n) is 13.8. The van der Waals surface area contributed by atoms with Gasteiger partial charge in [-0.25, -0.2) is 0 Å². The number of aliphatic hydroxyl groups is 2. The SMILES string of the molecule is CCCCNC(=O)CC[C@@H](C)[C@H]1CC[C@H]2[C@@H]3[C@H](O)C[C@@H]4C[C@H](O)CC[C@]4(C)[C@H]3CC[C@]12C. The minimum atomic E-state index is -0.202. The number of amides is 1. The number of hydrogen-bond acceptors (Lipinski definition) is 3. The highest BCUT2D eigenvalue weighted by molar-refractivity contribution is 5.75. The van der Waals surface area contributed by atoms with Gasteiger partial charge in [-0.15, -0.1) is 0 Å². The largest absolute Gasteiger partial charge is 0.393 e. The van der Waals surface area contributed by atoms with Gasteiger partial charge in [-0.05, 0) is 111 Å². The molecule has 10 atom stereocenters. The monoisotopic (exact) mass is 447 g/mol. The number of unbranched alkanes of at least 4 members (excludes halogenated alkanes) is 1. The summed E-state index contributed by atoms with van der Waals surface area (Å²) in [6.07, 6.45) is 12.3. The lowest BCUT2D eigenvalue weighted by molar-refractivity contribution is -0.174. The molecule has 0 unspecified atom stereocenters. The normalized spacial score (nSPS) is 46.6. The summed E-state index contributed by atoms with van der Waals surface area (Å²) in [6, 6.07) is 0. The van der Waals surface area contributed by atoms with Crippen LogP contribution in [0.1, 0.15) is 105 Å². The van der Waals surface area contributed by atoms with Crippen molar-refractivity contribution in [3.8, 4) is 0 Å². The first-order valence-corrected chi connectivity index (χ1v) is 13.8. The van der Waals surface area contributed by atoms with Crippen molar-refractivity contribution in [3.05, 3.63) is 0 Å². The first-order chi connectivity index (χ1) is 15.2. The molecule has 4 heteroatoms. The fourth-order valence-corrected chi connectivity index (χ4v) is 9.23. The zero-order chi connectivity index (χ0) is 23.1. The van der Waals surface area contributed by atoms with E-state index in [2.05, 4.69) is 33.0 Å². The van der Waals surface area contributed by atoms with E-state index in [1.807, 2.05) is 0 Å². The molecule has 0 bridgehead atoms. The maximum atomic E-state index is 12.3. The van der Waals surface area contributed by atoms with Crippen LogP contribution >= 0.6 is 0 Å². The van der Waals surface area contributed by atoms with Gasteiger partial charge in [-0.2, -0.15) is 0 Å². The first kappa shape index (κ1) is 24.5. The fourth-order valence-electron chi connectivity index (χ4n) is 9.23. The maximum absolute atomic E-state index is 12.3. The topological polar surface area (TPSA) is 69.6 Å².